The Labute approximate surface area is 158 Å². The first kappa shape index (κ1) is 18.5. The predicted octanol–water partition coefficient (Wildman–Crippen LogP) is 2.13. The molecule has 6 heteroatoms. The monoisotopic (exact) mass is 373 g/mol. The van der Waals surface area contributed by atoms with E-state index in [2.05, 4.69) is 4.90 Å². The Hall–Kier alpha value is -1.89. The first-order valence-electron chi connectivity index (χ1n) is 9.77. The molecule has 1 saturated heterocycles. The largest absolute Gasteiger partial charge is 0.491 e. The summed E-state index contributed by atoms with van der Waals surface area (Å²) in [6.45, 7) is 6.46. The summed E-state index contributed by atoms with van der Waals surface area (Å²) >= 11 is 0. The summed E-state index contributed by atoms with van der Waals surface area (Å²) in [5.41, 5.74) is 2.26. The van der Waals surface area contributed by atoms with Crippen molar-refractivity contribution in [3.8, 4) is 5.75 Å². The lowest BCUT2D eigenvalue weighted by atomic mass is 10.1. The van der Waals surface area contributed by atoms with Crippen LogP contribution in [0, 0.1) is 0 Å². The van der Waals surface area contributed by atoms with Crippen LogP contribution in [0.2, 0.25) is 0 Å². The summed E-state index contributed by atoms with van der Waals surface area (Å²) in [5.74, 6) is 0.603. The van der Waals surface area contributed by atoms with E-state index in [0.29, 0.717) is 17.9 Å². The molecule has 2 aliphatic rings. The molecule has 2 heterocycles. The van der Waals surface area contributed by atoms with Crippen LogP contribution in [0.5, 0.6) is 5.75 Å². The SMILES string of the molecule is C[C@@H]1CN(C[C@@H](O)COc2ccc3c4c(c(=O)oc3c2)CCC4)C[C@H](C)O1. The highest BCUT2D eigenvalue weighted by Crippen LogP contribution is 2.29. The number of nitrogens with zero attached hydrogens (tertiary/aromatic N) is 1. The second-order valence-corrected chi connectivity index (χ2v) is 7.80. The molecule has 1 aromatic heterocycles. The number of aryl methyl sites for hydroxylation is 1. The number of aliphatic hydroxyl groups excluding tert-OH is 1. The van der Waals surface area contributed by atoms with Crippen LogP contribution in [0.3, 0.4) is 0 Å². The topological polar surface area (TPSA) is 72.1 Å². The van der Waals surface area contributed by atoms with Gasteiger partial charge in [-0.3, -0.25) is 4.90 Å². The van der Waals surface area contributed by atoms with Gasteiger partial charge in [0.05, 0.1) is 12.2 Å². The predicted molar refractivity (Wildman–Crippen MR) is 102 cm³/mol. The molecule has 0 unspecified atom stereocenters. The van der Waals surface area contributed by atoms with E-state index in [0.717, 1.165) is 48.9 Å². The van der Waals surface area contributed by atoms with Crippen LogP contribution in [0.15, 0.2) is 27.4 Å². The minimum atomic E-state index is -0.592. The lowest BCUT2D eigenvalue weighted by Gasteiger charge is -2.36. The third kappa shape index (κ3) is 4.03. The van der Waals surface area contributed by atoms with Crippen LogP contribution >= 0.6 is 0 Å². The molecule has 1 fully saturated rings. The Morgan fingerprint density at radius 3 is 2.74 bits per heavy atom. The van der Waals surface area contributed by atoms with Crippen molar-refractivity contribution in [3.05, 3.63) is 39.7 Å². The average Bonchev–Trinajstić information content (AvgIpc) is 3.09. The molecule has 4 rings (SSSR count). The molecule has 1 aromatic carbocycles. The fraction of sp³-hybridized carbons (Fsp3) is 0.571. The van der Waals surface area contributed by atoms with Gasteiger partial charge in [0.15, 0.2) is 0 Å². The zero-order valence-corrected chi connectivity index (χ0v) is 15.9. The van der Waals surface area contributed by atoms with E-state index in [1.165, 1.54) is 0 Å². The van der Waals surface area contributed by atoms with Crippen molar-refractivity contribution in [3.63, 3.8) is 0 Å². The minimum absolute atomic E-state index is 0.173. The van der Waals surface area contributed by atoms with Gasteiger partial charge in [-0.1, -0.05) is 0 Å². The highest BCUT2D eigenvalue weighted by molar-refractivity contribution is 5.83. The number of benzene rings is 1. The van der Waals surface area contributed by atoms with Gasteiger partial charge in [-0.15, -0.1) is 0 Å². The van der Waals surface area contributed by atoms with Gasteiger partial charge in [-0.25, -0.2) is 4.79 Å². The summed E-state index contributed by atoms with van der Waals surface area (Å²) in [4.78, 5) is 14.3. The number of morpholine rings is 1. The van der Waals surface area contributed by atoms with E-state index < -0.39 is 6.10 Å². The summed E-state index contributed by atoms with van der Waals surface area (Å²) in [6.07, 6.45) is 2.48. The molecule has 2 aromatic rings. The number of fused-ring (bicyclic) bond motifs is 3. The van der Waals surface area contributed by atoms with Crippen LogP contribution in [0.25, 0.3) is 11.0 Å². The molecule has 146 valence electrons. The molecule has 0 radical (unpaired) electrons. The lowest BCUT2D eigenvalue weighted by molar-refractivity contribution is -0.0786. The summed E-state index contributed by atoms with van der Waals surface area (Å²) in [6, 6.07) is 5.59. The average molecular weight is 373 g/mol. The molecule has 27 heavy (non-hydrogen) atoms. The number of hydrogen-bond donors (Lipinski definition) is 1. The molecule has 0 bridgehead atoms. The molecule has 3 atom stereocenters. The van der Waals surface area contributed by atoms with Crippen LogP contribution in [0.1, 0.15) is 31.4 Å². The van der Waals surface area contributed by atoms with Crippen molar-refractivity contribution in [2.24, 2.45) is 0 Å². The number of aliphatic hydroxyl groups is 1. The van der Waals surface area contributed by atoms with Crippen molar-refractivity contribution in [1.29, 1.82) is 0 Å². The van der Waals surface area contributed by atoms with Gasteiger partial charge < -0.3 is 19.0 Å². The Balaban J connectivity index is 1.40. The Kier molecular flexibility index (Phi) is 5.21. The van der Waals surface area contributed by atoms with Crippen molar-refractivity contribution < 1.29 is 19.0 Å². The second kappa shape index (κ2) is 7.62. The molecule has 1 aliphatic carbocycles. The number of β-amino-alcohol motifs (C(OH)–C–C–N with tert-alkyl or cyclic N) is 1. The summed E-state index contributed by atoms with van der Waals surface area (Å²) in [7, 11) is 0. The molecule has 1 aliphatic heterocycles. The highest BCUT2D eigenvalue weighted by atomic mass is 16.5. The van der Waals surface area contributed by atoms with E-state index >= 15 is 0 Å². The van der Waals surface area contributed by atoms with Crippen LogP contribution in [-0.2, 0) is 17.6 Å². The van der Waals surface area contributed by atoms with E-state index in [1.807, 2.05) is 26.0 Å². The minimum Gasteiger partial charge on any atom is -0.491 e. The molecular formula is C21H27NO5. The summed E-state index contributed by atoms with van der Waals surface area (Å²) in [5, 5.41) is 11.3. The van der Waals surface area contributed by atoms with Gasteiger partial charge in [0.2, 0.25) is 0 Å². The smallest absolute Gasteiger partial charge is 0.339 e. The second-order valence-electron chi connectivity index (χ2n) is 7.80. The fourth-order valence-corrected chi connectivity index (χ4v) is 4.33. The van der Waals surface area contributed by atoms with Crippen LogP contribution < -0.4 is 10.4 Å². The van der Waals surface area contributed by atoms with Crippen LogP contribution in [-0.4, -0.2) is 54.6 Å². The first-order chi connectivity index (χ1) is 13.0. The van der Waals surface area contributed by atoms with E-state index in [9.17, 15) is 9.90 Å². The van der Waals surface area contributed by atoms with Gasteiger partial charge >= 0.3 is 5.63 Å². The maximum Gasteiger partial charge on any atom is 0.339 e. The Bertz CT molecular complexity index is 867. The fourth-order valence-electron chi connectivity index (χ4n) is 4.33. The van der Waals surface area contributed by atoms with Crippen molar-refractivity contribution in [1.82, 2.24) is 4.90 Å². The lowest BCUT2D eigenvalue weighted by Crippen LogP contribution is -2.48. The highest BCUT2D eigenvalue weighted by Gasteiger charge is 2.24. The molecule has 6 nitrogen and oxygen atoms in total. The zero-order valence-electron chi connectivity index (χ0n) is 15.9. The van der Waals surface area contributed by atoms with Gasteiger partial charge in [0.1, 0.15) is 24.0 Å². The maximum atomic E-state index is 12.1. The van der Waals surface area contributed by atoms with Crippen molar-refractivity contribution >= 4 is 11.0 Å². The Morgan fingerprint density at radius 2 is 1.96 bits per heavy atom. The van der Waals surface area contributed by atoms with E-state index in [-0.39, 0.29) is 24.4 Å². The molecule has 0 spiro atoms. The maximum absolute atomic E-state index is 12.1. The molecule has 1 N–H and O–H groups in total. The number of ether oxygens (including phenoxy) is 2. The van der Waals surface area contributed by atoms with Crippen molar-refractivity contribution in [2.75, 3.05) is 26.2 Å². The molecule has 0 amide bonds. The Morgan fingerprint density at radius 1 is 1.22 bits per heavy atom. The quantitative estimate of drug-likeness (QED) is 0.810. The van der Waals surface area contributed by atoms with Gasteiger partial charge in [0, 0.05) is 36.7 Å². The standard InChI is InChI=1S/C21H27NO5/c1-13-9-22(10-14(2)26-13)11-15(23)12-25-16-6-7-18-17-4-3-5-19(17)21(24)27-20(18)8-16/h6-8,13-15,23H,3-5,9-12H2,1-2H3/t13-,14+,15-/m1/s1. The molecule has 0 saturated carbocycles. The van der Waals surface area contributed by atoms with E-state index in [1.54, 1.807) is 6.07 Å². The first-order valence-corrected chi connectivity index (χ1v) is 9.77. The third-order valence-corrected chi connectivity index (χ3v) is 5.35. The summed E-state index contributed by atoms with van der Waals surface area (Å²) < 4.78 is 17.0. The molecular weight excluding hydrogens is 346 g/mol. The number of rotatable bonds is 5. The van der Waals surface area contributed by atoms with Crippen molar-refractivity contribution in [2.45, 2.75) is 51.4 Å². The van der Waals surface area contributed by atoms with Gasteiger partial charge in [-0.2, -0.15) is 0 Å². The van der Waals surface area contributed by atoms with Crippen LogP contribution in [0.4, 0.5) is 0 Å². The van der Waals surface area contributed by atoms with Gasteiger partial charge in [-0.05, 0) is 50.8 Å². The number of hydrogen-bond acceptors (Lipinski definition) is 6. The van der Waals surface area contributed by atoms with Gasteiger partial charge in [0.25, 0.3) is 0 Å². The normalized spacial score (nSPS) is 24.1. The third-order valence-electron chi connectivity index (χ3n) is 5.35. The van der Waals surface area contributed by atoms with E-state index in [4.69, 9.17) is 13.9 Å². The zero-order chi connectivity index (χ0) is 19.0.